The first-order chi connectivity index (χ1) is 35.1. The SMILES string of the molecule is CC[C@H]1OC(=O)[C@H](C)[C@@H](O[C@H]2C[C@@](C)(OC)[C@@H](OCCCOC/C=C/c3ccc4c(c3)c(=O)c(C(=O)O)cn4CC)[C@H](C)O2)[C@H](C)[C@@H](O[C@@H]2O[C@H](C)C[C@H](N(C)C)[C@H]2O)[C@](C)(O)C[C@@H](C)CN(C)[C@H](C)[C@@H](O)[C@]1(C)O. The number of aromatic carboxylic acids is 1. The van der Waals surface area contributed by atoms with Crippen LogP contribution >= 0.6 is 0 Å². The number of pyridine rings is 1. The number of aliphatic hydroxyl groups excluding tert-OH is 2. The molecule has 1 aromatic heterocycles. The molecule has 1 aromatic carbocycles. The Bertz CT molecular complexity index is 2270. The number of carboxylic acid groups (broad SMARTS) is 1. The molecule has 0 spiro atoms. The van der Waals surface area contributed by atoms with Crippen LogP contribution in [-0.4, -0.2) is 197 Å². The monoisotopic (exact) mass is 1060 g/mol. The fourth-order valence-electron chi connectivity index (χ4n) is 11.7. The number of carboxylic acids is 1. The van der Waals surface area contributed by atoms with Crippen molar-refractivity contribution in [2.45, 2.75) is 205 Å². The van der Waals surface area contributed by atoms with Gasteiger partial charge >= 0.3 is 11.9 Å². The molecule has 5 N–H and O–H groups in total. The Hall–Kier alpha value is -3.41. The number of rotatable bonds is 17. The lowest BCUT2D eigenvalue weighted by Crippen LogP contribution is -2.61. The second kappa shape index (κ2) is 26.5. The standard InChI is InChI=1S/C56H91N3O16/c1-16-43-56(11,67)48(62)36(7)58(14)30-32(3)28-54(9,66)49(75-53-46(61)42(57(12)13)26-33(4)71-53)34(5)47(35(6)52(65)73-43)74-44-29-55(10,68-15)50(37(8)72-44)70-25-19-24-69-23-18-20-38-21-22-41-39(27-38)45(60)40(51(63)64)31-59(41)17-2/h18,20-22,27,31-37,42-44,46-50,53,61-62,66-67H,16-17,19,23-26,28-30H2,1-15H3,(H,63,64)/b20-18+/t32-,33-,34+,35-,36-,37+,42+,43-,44+,46-,47+,48-,49-,50+,53+,54-,55-,56-/m1/s1. The summed E-state index contributed by atoms with van der Waals surface area (Å²) >= 11 is 0. The molecule has 0 bridgehead atoms. The van der Waals surface area contributed by atoms with E-state index in [-0.39, 0.29) is 49.5 Å². The minimum atomic E-state index is -1.84. The van der Waals surface area contributed by atoms with Crippen LogP contribution in [0.3, 0.4) is 0 Å². The van der Waals surface area contributed by atoms with Crippen molar-refractivity contribution in [2.24, 2.45) is 17.8 Å². The minimum Gasteiger partial charge on any atom is -0.477 e. The Morgan fingerprint density at radius 1 is 0.960 bits per heavy atom. The van der Waals surface area contributed by atoms with Gasteiger partial charge in [-0.05, 0) is 126 Å². The van der Waals surface area contributed by atoms with Crippen LogP contribution in [0.15, 0.2) is 35.3 Å². The number of likely N-dealkylation sites (N-methyl/N-ethyl adjacent to an activating group) is 2. The maximum atomic E-state index is 14.6. The summed E-state index contributed by atoms with van der Waals surface area (Å²) in [6, 6.07) is 4.49. The average molecular weight is 1060 g/mol. The van der Waals surface area contributed by atoms with Crippen molar-refractivity contribution in [1.29, 1.82) is 0 Å². The van der Waals surface area contributed by atoms with E-state index in [4.69, 9.17) is 37.9 Å². The number of esters is 1. The quantitative estimate of drug-likeness (QED) is 0.103. The topological polar surface area (TPSA) is 238 Å². The third-order valence-corrected chi connectivity index (χ3v) is 16.1. The lowest BCUT2D eigenvalue weighted by molar-refractivity contribution is -0.320. The number of ether oxygens (including phenoxy) is 8. The molecule has 0 saturated carbocycles. The molecule has 0 aliphatic carbocycles. The maximum Gasteiger partial charge on any atom is 0.341 e. The molecular formula is C56H91N3O16. The number of aliphatic hydroxyl groups is 4. The Kier molecular flexibility index (Phi) is 22.1. The van der Waals surface area contributed by atoms with Crippen molar-refractivity contribution in [3.8, 4) is 0 Å². The number of carbonyl (C=O) groups excluding carboxylic acids is 1. The molecule has 18 atom stereocenters. The number of carbonyl (C=O) groups is 2. The largest absolute Gasteiger partial charge is 0.477 e. The summed E-state index contributed by atoms with van der Waals surface area (Å²) in [5.41, 5.74) is -3.79. The van der Waals surface area contributed by atoms with E-state index in [1.54, 1.807) is 45.4 Å². The zero-order valence-corrected chi connectivity index (χ0v) is 47.3. The fraction of sp³-hybridized carbons (Fsp3) is 0.768. The molecule has 19 heteroatoms. The molecular weight excluding hydrogens is 971 g/mol. The molecule has 5 rings (SSSR count). The van der Waals surface area contributed by atoms with Crippen LogP contribution in [0.25, 0.3) is 17.0 Å². The van der Waals surface area contributed by atoms with Crippen molar-refractivity contribution in [1.82, 2.24) is 14.4 Å². The van der Waals surface area contributed by atoms with Crippen LogP contribution in [0, 0.1) is 17.8 Å². The number of fused-ring (bicyclic) bond motifs is 1. The van der Waals surface area contributed by atoms with Gasteiger partial charge in [0.05, 0.1) is 53.7 Å². The molecule has 426 valence electrons. The van der Waals surface area contributed by atoms with Crippen LogP contribution in [0.2, 0.25) is 0 Å². The summed E-state index contributed by atoms with van der Waals surface area (Å²) in [5.74, 6) is -3.98. The molecule has 0 unspecified atom stereocenters. The molecule has 3 fully saturated rings. The summed E-state index contributed by atoms with van der Waals surface area (Å²) in [7, 11) is 7.20. The predicted octanol–water partition coefficient (Wildman–Crippen LogP) is 5.08. The maximum absolute atomic E-state index is 14.6. The van der Waals surface area contributed by atoms with E-state index in [0.717, 1.165) is 5.56 Å². The van der Waals surface area contributed by atoms with Gasteiger partial charge in [0.2, 0.25) is 5.43 Å². The first kappa shape index (κ1) is 62.4. The Morgan fingerprint density at radius 2 is 1.65 bits per heavy atom. The minimum absolute atomic E-state index is 0.177. The van der Waals surface area contributed by atoms with Crippen LogP contribution in [-0.2, 0) is 49.2 Å². The van der Waals surface area contributed by atoms with Gasteiger partial charge in [-0.2, -0.15) is 0 Å². The molecule has 2 aromatic rings. The van der Waals surface area contributed by atoms with Gasteiger partial charge in [-0.3, -0.25) is 9.59 Å². The molecule has 0 radical (unpaired) electrons. The van der Waals surface area contributed by atoms with Gasteiger partial charge < -0.3 is 77.8 Å². The fourth-order valence-corrected chi connectivity index (χ4v) is 11.7. The van der Waals surface area contributed by atoms with E-state index >= 15 is 0 Å². The number of benzene rings is 1. The summed E-state index contributed by atoms with van der Waals surface area (Å²) in [6.45, 7) is 21.7. The van der Waals surface area contributed by atoms with Crippen molar-refractivity contribution in [3.63, 3.8) is 0 Å². The second-order valence-corrected chi connectivity index (χ2v) is 22.6. The second-order valence-electron chi connectivity index (χ2n) is 22.6. The molecule has 3 saturated heterocycles. The number of hydrogen-bond donors (Lipinski definition) is 5. The number of nitrogens with zero attached hydrogens (tertiary/aromatic N) is 3. The number of aryl methyl sites for hydroxylation is 1. The third kappa shape index (κ3) is 14.8. The van der Waals surface area contributed by atoms with Gasteiger partial charge in [0.25, 0.3) is 0 Å². The molecule has 4 heterocycles. The molecule has 0 amide bonds. The van der Waals surface area contributed by atoms with Gasteiger partial charge in [0.15, 0.2) is 12.6 Å². The van der Waals surface area contributed by atoms with Gasteiger partial charge in [0.1, 0.15) is 35.6 Å². The van der Waals surface area contributed by atoms with E-state index in [1.165, 1.54) is 13.1 Å². The lowest BCUT2D eigenvalue weighted by Gasteiger charge is -2.49. The highest BCUT2D eigenvalue weighted by Crippen LogP contribution is 2.41. The van der Waals surface area contributed by atoms with Crippen molar-refractivity contribution in [3.05, 3.63) is 51.8 Å². The van der Waals surface area contributed by atoms with E-state index < -0.39 is 107 Å². The van der Waals surface area contributed by atoms with Gasteiger partial charge in [-0.25, -0.2) is 4.79 Å². The summed E-state index contributed by atoms with van der Waals surface area (Å²) < 4.78 is 53.1. The number of methoxy groups -OCH3 is 1. The lowest BCUT2D eigenvalue weighted by atomic mass is 9.77. The van der Waals surface area contributed by atoms with Crippen molar-refractivity contribution >= 4 is 28.9 Å². The summed E-state index contributed by atoms with van der Waals surface area (Å²) in [5, 5.41) is 58.0. The zero-order valence-electron chi connectivity index (χ0n) is 47.3. The normalized spacial score (nSPS) is 38.1. The Balaban J connectivity index is 1.34. The molecule has 19 nitrogen and oxygen atoms in total. The Morgan fingerprint density at radius 3 is 2.28 bits per heavy atom. The number of cyclic esters (lactones) is 1. The van der Waals surface area contributed by atoms with Crippen LogP contribution in [0.5, 0.6) is 0 Å². The zero-order chi connectivity index (χ0) is 55.9. The van der Waals surface area contributed by atoms with Crippen LogP contribution in [0.4, 0.5) is 0 Å². The summed E-state index contributed by atoms with van der Waals surface area (Å²) in [6.07, 6.45) is -2.43. The van der Waals surface area contributed by atoms with E-state index in [1.807, 2.05) is 96.8 Å². The van der Waals surface area contributed by atoms with Crippen molar-refractivity contribution < 1.29 is 73.0 Å². The van der Waals surface area contributed by atoms with E-state index in [9.17, 15) is 39.9 Å². The number of aromatic nitrogens is 1. The summed E-state index contributed by atoms with van der Waals surface area (Å²) in [4.78, 5) is 43.1. The molecule has 3 aliphatic rings. The smallest absolute Gasteiger partial charge is 0.341 e. The number of hydrogen-bond acceptors (Lipinski definition) is 17. The average Bonchev–Trinajstić information content (AvgIpc) is 3.34. The highest BCUT2D eigenvalue weighted by atomic mass is 16.7. The molecule has 75 heavy (non-hydrogen) atoms. The van der Waals surface area contributed by atoms with Gasteiger partial charge in [-0.15, -0.1) is 0 Å². The molecule has 3 aliphatic heterocycles. The van der Waals surface area contributed by atoms with Gasteiger partial charge in [-0.1, -0.05) is 39.0 Å². The van der Waals surface area contributed by atoms with Crippen molar-refractivity contribution in [2.75, 3.05) is 54.6 Å². The van der Waals surface area contributed by atoms with Crippen LogP contribution in [0.1, 0.15) is 124 Å². The van der Waals surface area contributed by atoms with Crippen LogP contribution < -0.4 is 5.43 Å². The predicted molar refractivity (Wildman–Crippen MR) is 283 cm³/mol. The van der Waals surface area contributed by atoms with E-state index in [2.05, 4.69) is 0 Å². The van der Waals surface area contributed by atoms with Gasteiger partial charge in [0, 0.05) is 69.4 Å². The highest BCUT2D eigenvalue weighted by Gasteiger charge is 2.53. The third-order valence-electron chi connectivity index (χ3n) is 16.1. The van der Waals surface area contributed by atoms with E-state index in [0.29, 0.717) is 50.0 Å². The first-order valence-electron chi connectivity index (χ1n) is 26.9. The first-order valence-corrected chi connectivity index (χ1v) is 26.9. The Labute approximate surface area is 444 Å². The highest BCUT2D eigenvalue weighted by molar-refractivity contribution is 5.93.